The smallest absolute Gasteiger partial charge is 0.264 e. The number of hydrogen-bond donors (Lipinski definition) is 2. The molecule has 0 aliphatic carbocycles. The molecule has 1 aliphatic heterocycles. The highest BCUT2D eigenvalue weighted by molar-refractivity contribution is 6.36. The molecule has 4 heterocycles. The van der Waals surface area contributed by atoms with Gasteiger partial charge in [0.15, 0.2) is 5.43 Å². The van der Waals surface area contributed by atoms with Crippen molar-refractivity contribution in [3.8, 4) is 5.69 Å². The molecule has 0 saturated heterocycles. The third kappa shape index (κ3) is 4.24. The van der Waals surface area contributed by atoms with Crippen LogP contribution in [0, 0.1) is 0 Å². The average molecular weight is 541 g/mol. The summed E-state index contributed by atoms with van der Waals surface area (Å²) < 4.78 is 7.51. The summed E-state index contributed by atoms with van der Waals surface area (Å²) in [4.78, 5) is 43.2. The molecule has 2 aromatic carbocycles. The number of fused-ring (bicyclic) bond motifs is 2. The third-order valence-corrected chi connectivity index (χ3v) is 7.10. The number of aromatic amines is 1. The Hall–Kier alpha value is -4.50. The number of H-pyrrole nitrogens is 1. The van der Waals surface area contributed by atoms with Gasteiger partial charge in [0.2, 0.25) is 5.90 Å². The maximum atomic E-state index is 14.3. The quantitative estimate of drug-likeness (QED) is 0.324. The van der Waals surface area contributed by atoms with Gasteiger partial charge in [0.25, 0.3) is 5.56 Å². The van der Waals surface area contributed by atoms with Crippen molar-refractivity contribution in [2.75, 3.05) is 11.9 Å². The van der Waals surface area contributed by atoms with Crippen molar-refractivity contribution in [3.05, 3.63) is 104 Å². The molecule has 1 atom stereocenters. The lowest BCUT2D eigenvalue weighted by atomic mass is 10.0. The van der Waals surface area contributed by atoms with Gasteiger partial charge in [-0.3, -0.25) is 14.2 Å². The van der Waals surface area contributed by atoms with Crippen LogP contribution in [0.5, 0.6) is 0 Å². The van der Waals surface area contributed by atoms with E-state index in [1.54, 1.807) is 4.57 Å². The molecule has 196 valence electrons. The summed E-state index contributed by atoms with van der Waals surface area (Å²) in [5.74, 6) is 0.756. The SMILES string of the molecule is C[C@H](Nc1ncnc2[nH]ccc(=O)c12)c1c(Cl)c2cccc(C3=NC(C)(C)CO3)c2c(=O)n1-c1ccccc1. The van der Waals surface area contributed by atoms with Gasteiger partial charge in [0.05, 0.1) is 27.7 Å². The van der Waals surface area contributed by atoms with Crippen LogP contribution < -0.4 is 16.3 Å². The predicted octanol–water partition coefficient (Wildman–Crippen LogP) is 5.00. The molecule has 0 spiro atoms. The van der Waals surface area contributed by atoms with Gasteiger partial charge < -0.3 is 15.0 Å². The van der Waals surface area contributed by atoms with Crippen molar-refractivity contribution < 1.29 is 4.74 Å². The number of anilines is 1. The van der Waals surface area contributed by atoms with Crippen LogP contribution in [0.15, 0.2) is 81.7 Å². The Labute approximate surface area is 228 Å². The maximum Gasteiger partial charge on any atom is 0.264 e. The van der Waals surface area contributed by atoms with E-state index in [-0.39, 0.29) is 11.0 Å². The molecule has 1 aliphatic rings. The number of benzene rings is 2. The van der Waals surface area contributed by atoms with E-state index in [1.807, 2.05) is 69.3 Å². The van der Waals surface area contributed by atoms with Crippen LogP contribution >= 0.6 is 11.6 Å². The first-order valence-corrected chi connectivity index (χ1v) is 12.9. The number of aromatic nitrogens is 4. The Morgan fingerprint density at radius 3 is 2.59 bits per heavy atom. The zero-order valence-corrected chi connectivity index (χ0v) is 22.3. The standard InChI is InChI=1S/C29H25ClN6O3/c1-16(34-26-22-20(37)12-13-31-25(22)32-15-33-26)24-23(30)18-10-7-11-19(27-35-29(2,3)14-39-27)21(18)28(38)36(24)17-8-5-4-6-9-17/h4-13,15-16H,14H2,1-3H3,(H2,31,32,33,34,37)/t16-/m0/s1. The van der Waals surface area contributed by atoms with Gasteiger partial charge in [-0.05, 0) is 39.0 Å². The fourth-order valence-electron chi connectivity index (χ4n) is 4.93. The van der Waals surface area contributed by atoms with Crippen LogP contribution in [-0.4, -0.2) is 37.6 Å². The first-order valence-electron chi connectivity index (χ1n) is 12.5. The molecule has 0 saturated carbocycles. The van der Waals surface area contributed by atoms with Crippen molar-refractivity contribution in [1.82, 2.24) is 19.5 Å². The van der Waals surface area contributed by atoms with Gasteiger partial charge in [-0.1, -0.05) is 41.9 Å². The van der Waals surface area contributed by atoms with E-state index >= 15 is 0 Å². The lowest BCUT2D eigenvalue weighted by molar-refractivity contribution is 0.279. The summed E-state index contributed by atoms with van der Waals surface area (Å²) in [6.45, 7) is 6.25. The number of rotatable bonds is 5. The van der Waals surface area contributed by atoms with Crippen molar-refractivity contribution >= 4 is 45.1 Å². The van der Waals surface area contributed by atoms with Crippen molar-refractivity contribution in [1.29, 1.82) is 0 Å². The van der Waals surface area contributed by atoms with Gasteiger partial charge >= 0.3 is 0 Å². The van der Waals surface area contributed by atoms with Gasteiger partial charge in [-0.2, -0.15) is 0 Å². The lowest BCUT2D eigenvalue weighted by Gasteiger charge is -2.24. The van der Waals surface area contributed by atoms with Gasteiger partial charge in [0, 0.05) is 28.9 Å². The number of nitrogens with zero attached hydrogens (tertiary/aromatic N) is 4. The molecule has 0 fully saturated rings. The first-order chi connectivity index (χ1) is 18.7. The Bertz CT molecular complexity index is 1890. The normalized spacial score (nSPS) is 15.2. The van der Waals surface area contributed by atoms with E-state index in [0.717, 1.165) is 0 Å². The Morgan fingerprint density at radius 2 is 1.85 bits per heavy atom. The van der Waals surface area contributed by atoms with E-state index in [0.29, 0.717) is 62.1 Å². The third-order valence-electron chi connectivity index (χ3n) is 6.71. The van der Waals surface area contributed by atoms with Gasteiger partial charge in [0.1, 0.15) is 29.8 Å². The Balaban J connectivity index is 1.60. The van der Waals surface area contributed by atoms with Crippen LogP contribution in [0.3, 0.4) is 0 Å². The molecule has 39 heavy (non-hydrogen) atoms. The van der Waals surface area contributed by atoms with E-state index in [2.05, 4.69) is 20.3 Å². The summed E-state index contributed by atoms with van der Waals surface area (Å²) >= 11 is 7.13. The van der Waals surface area contributed by atoms with Crippen molar-refractivity contribution in [3.63, 3.8) is 0 Å². The first kappa shape index (κ1) is 24.8. The predicted molar refractivity (Wildman–Crippen MR) is 153 cm³/mol. The number of para-hydroxylation sites is 1. The van der Waals surface area contributed by atoms with Gasteiger partial charge in [-0.15, -0.1) is 0 Å². The summed E-state index contributed by atoms with van der Waals surface area (Å²) in [6.07, 6.45) is 2.91. The van der Waals surface area contributed by atoms with E-state index in [4.69, 9.17) is 21.3 Å². The topological polar surface area (TPSA) is 114 Å². The number of nitrogens with one attached hydrogen (secondary N) is 2. The number of halogens is 1. The Kier molecular flexibility index (Phi) is 5.95. The van der Waals surface area contributed by atoms with Crippen molar-refractivity contribution in [2.24, 2.45) is 4.99 Å². The second kappa shape index (κ2) is 9.36. The largest absolute Gasteiger partial charge is 0.475 e. The molecule has 0 bridgehead atoms. The fourth-order valence-corrected chi connectivity index (χ4v) is 5.34. The number of hydrogen-bond acceptors (Lipinski definition) is 7. The van der Waals surface area contributed by atoms with Gasteiger partial charge in [-0.25, -0.2) is 15.0 Å². The summed E-state index contributed by atoms with van der Waals surface area (Å²) in [5, 5.41) is 5.01. The lowest BCUT2D eigenvalue weighted by Crippen LogP contribution is -2.28. The molecule has 3 aromatic heterocycles. The molecule has 10 heteroatoms. The average Bonchev–Trinajstić information content (AvgIpc) is 3.30. The molecule has 9 nitrogen and oxygen atoms in total. The summed E-state index contributed by atoms with van der Waals surface area (Å²) in [5.41, 5.74) is 1.28. The molecule has 5 aromatic rings. The highest BCUT2D eigenvalue weighted by Gasteiger charge is 2.30. The van der Waals surface area contributed by atoms with E-state index < -0.39 is 11.6 Å². The van der Waals surface area contributed by atoms with E-state index in [1.165, 1.54) is 18.6 Å². The number of pyridine rings is 2. The molecule has 0 amide bonds. The maximum absolute atomic E-state index is 14.3. The minimum absolute atomic E-state index is 0.228. The highest BCUT2D eigenvalue weighted by Crippen LogP contribution is 2.35. The molecular formula is C29H25ClN6O3. The zero-order chi connectivity index (χ0) is 27.3. The second-order valence-corrected chi connectivity index (χ2v) is 10.5. The van der Waals surface area contributed by atoms with Crippen molar-refractivity contribution in [2.45, 2.75) is 32.4 Å². The summed E-state index contributed by atoms with van der Waals surface area (Å²) in [6, 6.07) is 15.7. The number of ether oxygens (including phenoxy) is 1. The zero-order valence-electron chi connectivity index (χ0n) is 21.5. The Morgan fingerprint density at radius 1 is 1.05 bits per heavy atom. The number of aliphatic imine (C=N–C) groups is 1. The minimum Gasteiger partial charge on any atom is -0.475 e. The molecular weight excluding hydrogens is 516 g/mol. The molecule has 0 unspecified atom stereocenters. The molecule has 0 radical (unpaired) electrons. The van der Waals surface area contributed by atoms with Crippen LogP contribution in [0.25, 0.3) is 27.5 Å². The minimum atomic E-state index is -0.532. The van der Waals surface area contributed by atoms with Crippen LogP contribution in [0.2, 0.25) is 5.02 Å². The fraction of sp³-hybridized carbons (Fsp3) is 0.207. The second-order valence-electron chi connectivity index (χ2n) is 10.1. The van der Waals surface area contributed by atoms with Crippen LogP contribution in [0.4, 0.5) is 5.82 Å². The summed E-state index contributed by atoms with van der Waals surface area (Å²) in [7, 11) is 0. The highest BCUT2D eigenvalue weighted by atomic mass is 35.5. The molecule has 2 N–H and O–H groups in total. The molecule has 6 rings (SSSR count). The van der Waals surface area contributed by atoms with E-state index in [9.17, 15) is 9.59 Å². The van der Waals surface area contributed by atoms with Crippen LogP contribution in [-0.2, 0) is 4.74 Å². The van der Waals surface area contributed by atoms with Crippen LogP contribution in [0.1, 0.15) is 38.1 Å². The monoisotopic (exact) mass is 540 g/mol.